The molecular formula is C20H20INO4. The zero-order valence-corrected chi connectivity index (χ0v) is 17.2. The number of methoxy groups -OCH3 is 3. The molecule has 0 spiro atoms. The summed E-state index contributed by atoms with van der Waals surface area (Å²) in [5, 5.41) is 0.956. The molecule has 1 unspecified atom stereocenters. The molecular weight excluding hydrogens is 445 g/mol. The van der Waals surface area contributed by atoms with Crippen molar-refractivity contribution in [3.05, 3.63) is 48.0 Å². The highest BCUT2D eigenvalue weighted by Crippen LogP contribution is 2.44. The molecule has 0 saturated heterocycles. The molecule has 0 amide bonds. The Morgan fingerprint density at radius 3 is 2.46 bits per heavy atom. The maximum absolute atomic E-state index is 12.4. The van der Waals surface area contributed by atoms with Gasteiger partial charge in [0.15, 0.2) is 0 Å². The van der Waals surface area contributed by atoms with E-state index in [9.17, 15) is 4.79 Å². The van der Waals surface area contributed by atoms with Gasteiger partial charge in [0.1, 0.15) is 15.4 Å². The number of aromatic nitrogens is 1. The van der Waals surface area contributed by atoms with Gasteiger partial charge >= 0.3 is 5.97 Å². The van der Waals surface area contributed by atoms with E-state index < -0.39 is 3.92 Å². The second-order valence-electron chi connectivity index (χ2n) is 5.79. The number of aryl methyl sites for hydroxylation is 1. The molecule has 1 heterocycles. The van der Waals surface area contributed by atoms with Gasteiger partial charge in [-0.2, -0.15) is 0 Å². The number of nitrogens with zero attached hydrogens (tertiary/aromatic N) is 1. The van der Waals surface area contributed by atoms with E-state index in [1.54, 1.807) is 14.2 Å². The van der Waals surface area contributed by atoms with Gasteiger partial charge in [-0.1, -0.05) is 34.7 Å². The molecule has 1 atom stereocenters. The number of hydrogen-bond donors (Lipinski definition) is 0. The molecule has 5 nitrogen and oxygen atoms in total. The van der Waals surface area contributed by atoms with Crippen LogP contribution in [-0.4, -0.2) is 31.9 Å². The number of benzene rings is 2. The van der Waals surface area contributed by atoms with Crippen LogP contribution in [0.3, 0.4) is 0 Å². The van der Waals surface area contributed by atoms with E-state index in [2.05, 4.69) is 27.2 Å². The summed E-state index contributed by atoms with van der Waals surface area (Å²) in [5.41, 5.74) is 3.74. The molecule has 2 aromatic carbocycles. The minimum absolute atomic E-state index is 0.294. The van der Waals surface area contributed by atoms with Gasteiger partial charge in [0, 0.05) is 29.1 Å². The summed E-state index contributed by atoms with van der Waals surface area (Å²) < 4.78 is 17.6. The van der Waals surface area contributed by atoms with Crippen LogP contribution in [0.1, 0.15) is 9.49 Å². The monoisotopic (exact) mass is 465 g/mol. The Morgan fingerprint density at radius 1 is 1.08 bits per heavy atom. The Bertz CT molecular complexity index is 964. The fraction of sp³-hybridized carbons (Fsp3) is 0.250. The standard InChI is InChI=1S/C20H20INO4/c1-22-15-10-9-12(24-2)11-14(15)17(18(21)20(23)26-4)19(22)13-7-5-6-8-16(13)25-3/h5-11,18H,1-4H3. The highest BCUT2D eigenvalue weighted by atomic mass is 127. The Morgan fingerprint density at radius 2 is 1.81 bits per heavy atom. The van der Waals surface area contributed by atoms with Gasteiger partial charge in [-0.25, -0.2) is 0 Å². The van der Waals surface area contributed by atoms with E-state index >= 15 is 0 Å². The summed E-state index contributed by atoms with van der Waals surface area (Å²) in [6.45, 7) is 0. The number of carbonyl (C=O) groups is 1. The average Bonchev–Trinajstić information content (AvgIpc) is 2.98. The fourth-order valence-corrected chi connectivity index (χ4v) is 4.11. The largest absolute Gasteiger partial charge is 0.497 e. The highest BCUT2D eigenvalue weighted by molar-refractivity contribution is 14.1. The van der Waals surface area contributed by atoms with Crippen molar-refractivity contribution in [2.24, 2.45) is 7.05 Å². The lowest BCUT2D eigenvalue weighted by Gasteiger charge is -2.14. The number of esters is 1. The Labute approximate surface area is 166 Å². The predicted molar refractivity (Wildman–Crippen MR) is 110 cm³/mol. The van der Waals surface area contributed by atoms with Crippen LogP contribution in [0.4, 0.5) is 0 Å². The highest BCUT2D eigenvalue weighted by Gasteiger charge is 2.29. The van der Waals surface area contributed by atoms with Crippen LogP contribution in [0.15, 0.2) is 42.5 Å². The molecule has 3 rings (SSSR count). The van der Waals surface area contributed by atoms with E-state index in [1.165, 1.54) is 7.11 Å². The van der Waals surface area contributed by atoms with Crippen molar-refractivity contribution >= 4 is 39.5 Å². The van der Waals surface area contributed by atoms with Crippen LogP contribution in [0.2, 0.25) is 0 Å². The van der Waals surface area contributed by atoms with Gasteiger partial charge in [0.25, 0.3) is 0 Å². The second-order valence-corrected chi connectivity index (χ2v) is 7.04. The quantitative estimate of drug-likeness (QED) is 0.316. The van der Waals surface area contributed by atoms with Crippen LogP contribution in [-0.2, 0) is 16.6 Å². The molecule has 26 heavy (non-hydrogen) atoms. The summed E-state index contributed by atoms with van der Waals surface area (Å²) in [6, 6.07) is 13.7. The molecule has 0 aliphatic heterocycles. The maximum atomic E-state index is 12.4. The Kier molecular flexibility index (Phi) is 5.41. The van der Waals surface area contributed by atoms with E-state index in [4.69, 9.17) is 14.2 Å². The number of carbonyl (C=O) groups excluding carboxylic acids is 1. The third-order valence-electron chi connectivity index (χ3n) is 4.47. The number of ether oxygens (including phenoxy) is 3. The number of alkyl halides is 1. The Balaban J connectivity index is 2.40. The van der Waals surface area contributed by atoms with Gasteiger partial charge in [-0.15, -0.1) is 0 Å². The van der Waals surface area contributed by atoms with E-state index in [0.29, 0.717) is 0 Å². The van der Waals surface area contributed by atoms with Gasteiger partial charge in [-0.05, 0) is 30.3 Å². The van der Waals surface area contributed by atoms with Crippen molar-refractivity contribution in [1.29, 1.82) is 0 Å². The summed E-state index contributed by atoms with van der Waals surface area (Å²) in [4.78, 5) is 12.4. The molecule has 0 saturated carbocycles. The number of rotatable bonds is 5. The van der Waals surface area contributed by atoms with E-state index in [1.807, 2.05) is 49.5 Å². The average molecular weight is 465 g/mol. The van der Waals surface area contributed by atoms with Crippen LogP contribution >= 0.6 is 22.6 Å². The van der Waals surface area contributed by atoms with Crippen molar-refractivity contribution in [2.75, 3.05) is 21.3 Å². The van der Waals surface area contributed by atoms with Crippen molar-refractivity contribution < 1.29 is 19.0 Å². The van der Waals surface area contributed by atoms with E-state index in [0.717, 1.165) is 39.2 Å². The van der Waals surface area contributed by atoms with Gasteiger partial charge in [0.2, 0.25) is 0 Å². The normalized spacial score (nSPS) is 12.0. The third-order valence-corrected chi connectivity index (χ3v) is 5.60. The first-order chi connectivity index (χ1) is 12.5. The summed E-state index contributed by atoms with van der Waals surface area (Å²) in [7, 11) is 6.67. The lowest BCUT2D eigenvalue weighted by molar-refractivity contribution is -0.139. The maximum Gasteiger partial charge on any atom is 0.323 e. The SMILES string of the molecule is COC(=O)C(I)c1c(-c2ccccc2OC)n(C)c2ccc(OC)cc12. The second kappa shape index (κ2) is 7.57. The molecule has 136 valence electrons. The van der Waals surface area contributed by atoms with Crippen molar-refractivity contribution in [3.63, 3.8) is 0 Å². The molecule has 1 aromatic heterocycles. The molecule has 0 bridgehead atoms. The number of para-hydroxylation sites is 1. The molecule has 0 aliphatic carbocycles. The van der Waals surface area contributed by atoms with Crippen molar-refractivity contribution in [3.8, 4) is 22.8 Å². The first-order valence-electron chi connectivity index (χ1n) is 8.05. The number of halogens is 1. The lowest BCUT2D eigenvalue weighted by Crippen LogP contribution is -2.09. The Hall–Kier alpha value is -2.22. The minimum atomic E-state index is -0.465. The van der Waals surface area contributed by atoms with Gasteiger partial charge in [0.05, 0.1) is 27.0 Å². The third kappa shape index (κ3) is 3.02. The van der Waals surface area contributed by atoms with Crippen LogP contribution in [0, 0.1) is 0 Å². The fourth-order valence-electron chi connectivity index (χ4n) is 3.22. The minimum Gasteiger partial charge on any atom is -0.497 e. The van der Waals surface area contributed by atoms with Crippen LogP contribution < -0.4 is 9.47 Å². The first-order valence-corrected chi connectivity index (χ1v) is 9.29. The number of hydrogen-bond acceptors (Lipinski definition) is 4. The molecule has 0 fully saturated rings. The lowest BCUT2D eigenvalue weighted by atomic mass is 10.0. The summed E-state index contributed by atoms with van der Waals surface area (Å²) >= 11 is 2.13. The topological polar surface area (TPSA) is 49.7 Å². The van der Waals surface area contributed by atoms with Crippen molar-refractivity contribution in [1.82, 2.24) is 4.57 Å². The van der Waals surface area contributed by atoms with Gasteiger partial charge in [-0.3, -0.25) is 4.79 Å². The zero-order chi connectivity index (χ0) is 18.8. The van der Waals surface area contributed by atoms with Crippen LogP contribution in [0.25, 0.3) is 22.2 Å². The smallest absolute Gasteiger partial charge is 0.323 e. The van der Waals surface area contributed by atoms with Gasteiger partial charge < -0.3 is 18.8 Å². The van der Waals surface area contributed by atoms with Crippen LogP contribution in [0.5, 0.6) is 11.5 Å². The summed E-state index contributed by atoms with van der Waals surface area (Å²) in [6.07, 6.45) is 0. The van der Waals surface area contributed by atoms with E-state index in [-0.39, 0.29) is 5.97 Å². The predicted octanol–water partition coefficient (Wildman–Crippen LogP) is 4.51. The van der Waals surface area contributed by atoms with Crippen molar-refractivity contribution in [2.45, 2.75) is 3.92 Å². The molecule has 0 aliphatic rings. The zero-order valence-electron chi connectivity index (χ0n) is 15.1. The first kappa shape index (κ1) is 18.6. The molecule has 6 heteroatoms. The molecule has 0 radical (unpaired) electrons. The summed E-state index contributed by atoms with van der Waals surface area (Å²) in [5.74, 6) is 1.20. The molecule has 3 aromatic rings. The number of fused-ring (bicyclic) bond motifs is 1. The molecule has 0 N–H and O–H groups in total.